The predicted molar refractivity (Wildman–Crippen MR) is 85.9 cm³/mol. The molecule has 0 heterocycles. The molecule has 0 saturated heterocycles. The lowest BCUT2D eigenvalue weighted by Gasteiger charge is -2.27. The Kier molecular flexibility index (Phi) is 7.84. The average Bonchev–Trinajstić information content (AvgIpc) is 2.43. The normalized spacial score (nSPS) is 20.5. The van der Waals surface area contributed by atoms with Crippen molar-refractivity contribution in [3.8, 4) is 0 Å². The van der Waals surface area contributed by atoms with Crippen molar-refractivity contribution in [2.75, 3.05) is 19.0 Å². The third kappa shape index (κ3) is 5.94. The van der Waals surface area contributed by atoms with Crippen LogP contribution < -0.4 is 0 Å². The van der Waals surface area contributed by atoms with Crippen LogP contribution in [0.3, 0.4) is 0 Å². The lowest BCUT2D eigenvalue weighted by Crippen LogP contribution is -2.26. The van der Waals surface area contributed by atoms with Crippen molar-refractivity contribution in [3.05, 3.63) is 41.3 Å². The molecule has 0 radical (unpaired) electrons. The monoisotopic (exact) mass is 333 g/mol. The molecule has 22 heavy (non-hydrogen) atoms. The summed E-state index contributed by atoms with van der Waals surface area (Å²) in [5, 5.41) is 0. The fraction of sp³-hybridized carbons (Fsp3) is 0.588. The van der Waals surface area contributed by atoms with Gasteiger partial charge < -0.3 is 4.90 Å². The number of hydrogen-bond donors (Lipinski definition) is 0. The largest absolute Gasteiger partial charge is 0.423 e. The maximum Gasteiger partial charge on any atom is 0.423 e. The maximum atomic E-state index is 12.6. The van der Waals surface area contributed by atoms with Crippen molar-refractivity contribution in [3.63, 3.8) is 0 Å². The molecule has 0 bridgehead atoms. The van der Waals surface area contributed by atoms with Crippen LogP contribution in [0.25, 0.3) is 0 Å². The van der Waals surface area contributed by atoms with Gasteiger partial charge in [0.1, 0.15) is 0 Å². The molecule has 124 valence electrons. The minimum Gasteiger partial charge on any atom is -0.375 e. The molecule has 0 aromatic heterocycles. The summed E-state index contributed by atoms with van der Waals surface area (Å²) in [7, 11) is 0. The SMILES string of the molecule is CCC(CCl)CCN(CC)/C1=C/C=C=C(C(F)(F)F)/C=C\C1. The molecule has 0 spiro atoms. The van der Waals surface area contributed by atoms with E-state index in [1.807, 2.05) is 6.92 Å². The van der Waals surface area contributed by atoms with E-state index in [1.54, 1.807) is 12.2 Å². The third-order valence-corrected chi connectivity index (χ3v) is 4.26. The molecule has 0 fully saturated rings. The van der Waals surface area contributed by atoms with Crippen LogP contribution in [-0.4, -0.2) is 30.0 Å². The van der Waals surface area contributed by atoms with Gasteiger partial charge in [-0.15, -0.1) is 17.3 Å². The first-order valence-electron chi connectivity index (χ1n) is 7.62. The molecule has 0 N–H and O–H groups in total. The van der Waals surface area contributed by atoms with E-state index in [2.05, 4.69) is 17.6 Å². The molecule has 1 rings (SSSR count). The van der Waals surface area contributed by atoms with Gasteiger partial charge in [-0.1, -0.05) is 19.4 Å². The summed E-state index contributed by atoms with van der Waals surface area (Å²) in [5.41, 5.74) is 2.59. The first-order valence-corrected chi connectivity index (χ1v) is 8.16. The van der Waals surface area contributed by atoms with Gasteiger partial charge in [0.25, 0.3) is 0 Å². The van der Waals surface area contributed by atoms with Crippen molar-refractivity contribution < 1.29 is 13.2 Å². The fourth-order valence-electron chi connectivity index (χ4n) is 2.29. The average molecular weight is 334 g/mol. The van der Waals surface area contributed by atoms with Gasteiger partial charge >= 0.3 is 6.18 Å². The van der Waals surface area contributed by atoms with E-state index in [1.165, 1.54) is 6.08 Å². The second kappa shape index (κ2) is 9.12. The highest BCUT2D eigenvalue weighted by Crippen LogP contribution is 2.27. The first kappa shape index (κ1) is 18.9. The van der Waals surface area contributed by atoms with Crippen molar-refractivity contribution in [1.29, 1.82) is 0 Å². The summed E-state index contributed by atoms with van der Waals surface area (Å²) >= 11 is 5.92. The lowest BCUT2D eigenvalue weighted by atomic mass is 10.0. The zero-order chi connectivity index (χ0) is 16.6. The van der Waals surface area contributed by atoms with E-state index in [0.29, 0.717) is 18.2 Å². The van der Waals surface area contributed by atoms with Gasteiger partial charge in [0, 0.05) is 31.1 Å². The Labute approximate surface area is 135 Å². The second-order valence-corrected chi connectivity index (χ2v) is 5.59. The van der Waals surface area contributed by atoms with Crippen LogP contribution >= 0.6 is 11.6 Å². The van der Waals surface area contributed by atoms with Crippen molar-refractivity contribution in [2.24, 2.45) is 5.92 Å². The third-order valence-electron chi connectivity index (χ3n) is 3.82. The summed E-state index contributed by atoms with van der Waals surface area (Å²) in [4.78, 5) is 2.19. The highest BCUT2D eigenvalue weighted by molar-refractivity contribution is 6.18. The summed E-state index contributed by atoms with van der Waals surface area (Å²) < 4.78 is 37.9. The Bertz CT molecular complexity index is 467. The van der Waals surface area contributed by atoms with E-state index in [0.717, 1.165) is 37.7 Å². The van der Waals surface area contributed by atoms with Gasteiger partial charge in [-0.05, 0) is 37.5 Å². The Morgan fingerprint density at radius 2 is 2.09 bits per heavy atom. The number of nitrogens with zero attached hydrogens (tertiary/aromatic N) is 1. The van der Waals surface area contributed by atoms with Crippen LogP contribution in [0.4, 0.5) is 13.2 Å². The lowest BCUT2D eigenvalue weighted by molar-refractivity contribution is -0.0880. The molecule has 0 aromatic carbocycles. The summed E-state index contributed by atoms with van der Waals surface area (Å²) in [6, 6.07) is 0. The van der Waals surface area contributed by atoms with E-state index < -0.39 is 11.7 Å². The number of rotatable bonds is 7. The van der Waals surface area contributed by atoms with E-state index in [-0.39, 0.29) is 0 Å². The number of allylic oxidation sites excluding steroid dienone is 4. The topological polar surface area (TPSA) is 3.24 Å². The molecule has 0 amide bonds. The molecule has 0 aromatic rings. The predicted octanol–water partition coefficient (Wildman–Crippen LogP) is 5.45. The molecule has 5 heteroatoms. The number of hydrogen-bond acceptors (Lipinski definition) is 1. The summed E-state index contributed by atoms with van der Waals surface area (Å²) in [6.45, 7) is 5.85. The highest BCUT2D eigenvalue weighted by atomic mass is 35.5. The molecule has 1 unspecified atom stereocenters. The van der Waals surface area contributed by atoms with Gasteiger partial charge in [0.15, 0.2) is 0 Å². The van der Waals surface area contributed by atoms with Gasteiger partial charge in [-0.3, -0.25) is 0 Å². The fourth-order valence-corrected chi connectivity index (χ4v) is 2.66. The molecule has 1 aliphatic rings. The summed E-state index contributed by atoms with van der Waals surface area (Å²) in [6.07, 6.45) is 3.91. The molecule has 1 atom stereocenters. The molecule has 1 aliphatic carbocycles. The van der Waals surface area contributed by atoms with Gasteiger partial charge in [0.2, 0.25) is 0 Å². The Morgan fingerprint density at radius 1 is 1.36 bits per heavy atom. The molecule has 0 saturated carbocycles. The highest BCUT2D eigenvalue weighted by Gasteiger charge is 2.31. The molecular formula is C17H23ClF3N. The van der Waals surface area contributed by atoms with Gasteiger partial charge in [-0.25, -0.2) is 0 Å². The maximum absolute atomic E-state index is 12.6. The first-order chi connectivity index (χ1) is 10.4. The Balaban J connectivity index is 2.82. The minimum absolute atomic E-state index is 0.479. The minimum atomic E-state index is -4.35. The quantitative estimate of drug-likeness (QED) is 0.442. The standard InChI is InChI=1S/C17H23ClF3N/c1-3-14(13-18)11-12-22(4-2)16-9-5-7-15(8-6-10-16)17(19,20)21/h5-7,10,14H,3-4,9,11-13H2,1-2H3/b7-5-,16-10+. The van der Waals surface area contributed by atoms with Crippen molar-refractivity contribution in [2.45, 2.75) is 39.3 Å². The van der Waals surface area contributed by atoms with Gasteiger partial charge in [-0.2, -0.15) is 13.2 Å². The van der Waals surface area contributed by atoms with Crippen LogP contribution in [0.15, 0.2) is 41.3 Å². The number of halogens is 4. The Morgan fingerprint density at radius 3 is 2.64 bits per heavy atom. The van der Waals surface area contributed by atoms with E-state index in [9.17, 15) is 13.2 Å². The van der Waals surface area contributed by atoms with Gasteiger partial charge in [0.05, 0.1) is 5.57 Å². The Hall–Kier alpha value is -1.12. The zero-order valence-electron chi connectivity index (χ0n) is 13.1. The molecular weight excluding hydrogens is 311 g/mol. The number of alkyl halides is 4. The van der Waals surface area contributed by atoms with Crippen LogP contribution in [0, 0.1) is 5.92 Å². The summed E-state index contributed by atoms with van der Waals surface area (Å²) in [5.74, 6) is 1.12. The molecule has 1 nitrogen and oxygen atoms in total. The smallest absolute Gasteiger partial charge is 0.375 e. The van der Waals surface area contributed by atoms with E-state index in [4.69, 9.17) is 11.6 Å². The van der Waals surface area contributed by atoms with Crippen LogP contribution in [0.1, 0.15) is 33.1 Å². The zero-order valence-corrected chi connectivity index (χ0v) is 13.8. The molecule has 0 aliphatic heterocycles. The van der Waals surface area contributed by atoms with Crippen LogP contribution in [-0.2, 0) is 0 Å². The van der Waals surface area contributed by atoms with Crippen molar-refractivity contribution in [1.82, 2.24) is 4.90 Å². The second-order valence-electron chi connectivity index (χ2n) is 5.28. The van der Waals surface area contributed by atoms with Crippen molar-refractivity contribution >= 4 is 11.6 Å². The van der Waals surface area contributed by atoms with Crippen LogP contribution in [0.2, 0.25) is 0 Å². The van der Waals surface area contributed by atoms with Crippen LogP contribution in [0.5, 0.6) is 0 Å². The van der Waals surface area contributed by atoms with E-state index >= 15 is 0 Å².